The van der Waals surface area contributed by atoms with Gasteiger partial charge in [0.25, 0.3) is 0 Å². The van der Waals surface area contributed by atoms with Crippen LogP contribution in [0.15, 0.2) is 72.1 Å². The molecule has 0 bridgehead atoms. The molecule has 6 heteroatoms. The molecule has 0 aliphatic heterocycles. The molecule has 1 aromatic heterocycles. The molecule has 0 radical (unpaired) electrons. The number of nitrogens with zero attached hydrogens (tertiary/aromatic N) is 3. The summed E-state index contributed by atoms with van der Waals surface area (Å²) in [6.07, 6.45) is 1.66. The number of carbonyl (C=O) groups is 1. The molecule has 5 nitrogen and oxygen atoms in total. The second-order valence-corrected chi connectivity index (χ2v) is 7.25. The van der Waals surface area contributed by atoms with Crippen molar-refractivity contribution in [3.8, 4) is 5.69 Å². The first-order valence-corrected chi connectivity index (χ1v) is 9.56. The van der Waals surface area contributed by atoms with E-state index in [-0.39, 0.29) is 11.9 Å². The lowest BCUT2D eigenvalue weighted by Crippen LogP contribution is -2.33. The third-order valence-corrected chi connectivity index (χ3v) is 4.97. The first kappa shape index (κ1) is 18.2. The van der Waals surface area contributed by atoms with Crippen LogP contribution in [0.1, 0.15) is 25.5 Å². The molecule has 0 saturated carbocycles. The van der Waals surface area contributed by atoms with Gasteiger partial charge >= 0.3 is 0 Å². The molecule has 0 aliphatic carbocycles. The molecule has 0 saturated heterocycles. The lowest BCUT2D eigenvalue weighted by molar-refractivity contribution is -0.119. The Labute approximate surface area is 157 Å². The van der Waals surface area contributed by atoms with Crippen molar-refractivity contribution in [1.29, 1.82) is 0 Å². The van der Waals surface area contributed by atoms with E-state index in [0.29, 0.717) is 16.8 Å². The number of para-hydroxylation sites is 1. The highest BCUT2D eigenvalue weighted by Gasteiger charge is 2.19. The average molecular weight is 366 g/mol. The van der Waals surface area contributed by atoms with Gasteiger partial charge in [0.05, 0.1) is 11.8 Å². The van der Waals surface area contributed by atoms with Gasteiger partial charge in [0, 0.05) is 5.69 Å². The van der Waals surface area contributed by atoms with Crippen LogP contribution >= 0.6 is 11.8 Å². The van der Waals surface area contributed by atoms with Crippen molar-refractivity contribution in [1.82, 2.24) is 20.1 Å². The van der Waals surface area contributed by atoms with Crippen LogP contribution in [0.25, 0.3) is 5.69 Å². The number of nitrogens with one attached hydrogen (secondary N) is 1. The summed E-state index contributed by atoms with van der Waals surface area (Å²) in [5, 5.41) is 11.9. The molecule has 2 aromatic carbocycles. The number of benzene rings is 2. The number of hydrogen-bond acceptors (Lipinski definition) is 4. The van der Waals surface area contributed by atoms with Gasteiger partial charge in [-0.05, 0) is 23.6 Å². The second-order valence-electron chi connectivity index (χ2n) is 6.31. The van der Waals surface area contributed by atoms with Gasteiger partial charge < -0.3 is 5.32 Å². The van der Waals surface area contributed by atoms with E-state index in [1.807, 2.05) is 65.2 Å². The van der Waals surface area contributed by atoms with Crippen LogP contribution in [0.3, 0.4) is 0 Å². The summed E-state index contributed by atoms with van der Waals surface area (Å²) in [5.41, 5.74) is 2.10. The molecule has 0 aliphatic rings. The van der Waals surface area contributed by atoms with E-state index in [0.717, 1.165) is 11.3 Å². The lowest BCUT2D eigenvalue weighted by Gasteiger charge is -2.22. The quantitative estimate of drug-likeness (QED) is 0.645. The molecule has 0 fully saturated rings. The Morgan fingerprint density at radius 2 is 1.73 bits per heavy atom. The van der Waals surface area contributed by atoms with Gasteiger partial charge in [-0.15, -0.1) is 10.2 Å². The third-order valence-electron chi connectivity index (χ3n) is 4.03. The predicted octanol–water partition coefficient (Wildman–Crippen LogP) is 3.87. The number of aromatic nitrogens is 3. The molecule has 0 spiro atoms. The SMILES string of the molecule is CC(C)C(NC(=O)CSc1nncn1-c1ccccc1)c1ccccc1. The number of carbonyl (C=O) groups excluding carboxylic acids is 1. The van der Waals surface area contributed by atoms with Crippen LogP contribution < -0.4 is 5.32 Å². The zero-order valence-electron chi connectivity index (χ0n) is 14.9. The van der Waals surface area contributed by atoms with Crippen molar-refractivity contribution < 1.29 is 4.79 Å². The van der Waals surface area contributed by atoms with Crippen molar-refractivity contribution in [3.63, 3.8) is 0 Å². The number of thioether (sulfide) groups is 1. The van der Waals surface area contributed by atoms with Crippen LogP contribution in [0.4, 0.5) is 0 Å². The summed E-state index contributed by atoms with van der Waals surface area (Å²) >= 11 is 1.38. The maximum Gasteiger partial charge on any atom is 0.230 e. The molecule has 1 N–H and O–H groups in total. The molecule has 3 rings (SSSR count). The van der Waals surface area contributed by atoms with E-state index in [2.05, 4.69) is 29.4 Å². The molecule has 1 unspecified atom stereocenters. The molecular formula is C20H22N4OS. The standard InChI is InChI=1S/C20H22N4OS/c1-15(2)19(16-9-5-3-6-10-16)22-18(25)13-26-20-23-21-14-24(20)17-11-7-4-8-12-17/h3-12,14-15,19H,13H2,1-2H3,(H,22,25). The normalized spacial score (nSPS) is 12.1. The lowest BCUT2D eigenvalue weighted by atomic mass is 9.96. The summed E-state index contributed by atoms with van der Waals surface area (Å²) in [4.78, 5) is 12.5. The van der Waals surface area contributed by atoms with E-state index in [9.17, 15) is 4.79 Å². The van der Waals surface area contributed by atoms with Crippen LogP contribution in [0.5, 0.6) is 0 Å². The van der Waals surface area contributed by atoms with Crippen molar-refractivity contribution in [3.05, 3.63) is 72.6 Å². The van der Waals surface area contributed by atoms with Crippen molar-refractivity contribution in [2.45, 2.75) is 25.0 Å². The van der Waals surface area contributed by atoms with Crippen LogP contribution in [0, 0.1) is 5.92 Å². The molecule has 1 heterocycles. The molecule has 3 aromatic rings. The number of rotatable bonds is 7. The summed E-state index contributed by atoms with van der Waals surface area (Å²) < 4.78 is 1.88. The van der Waals surface area contributed by atoms with E-state index in [1.54, 1.807) is 6.33 Å². The Balaban J connectivity index is 1.64. The zero-order chi connectivity index (χ0) is 18.4. The molecular weight excluding hydrogens is 344 g/mol. The van der Waals surface area contributed by atoms with Gasteiger partial charge in [-0.1, -0.05) is 74.1 Å². The minimum atomic E-state index is -0.0137. The molecule has 1 amide bonds. The van der Waals surface area contributed by atoms with E-state index < -0.39 is 0 Å². The van der Waals surface area contributed by atoms with Gasteiger partial charge in [-0.2, -0.15) is 0 Å². The highest BCUT2D eigenvalue weighted by Crippen LogP contribution is 2.23. The number of amides is 1. The fraction of sp³-hybridized carbons (Fsp3) is 0.250. The summed E-state index contributed by atoms with van der Waals surface area (Å²) in [5.74, 6) is 0.584. The molecule has 134 valence electrons. The Bertz CT molecular complexity index is 833. The van der Waals surface area contributed by atoms with Crippen molar-refractivity contribution in [2.75, 3.05) is 5.75 Å². The van der Waals surface area contributed by atoms with E-state index in [1.165, 1.54) is 11.8 Å². The Hall–Kier alpha value is -2.60. The van der Waals surface area contributed by atoms with E-state index >= 15 is 0 Å². The Morgan fingerprint density at radius 3 is 2.38 bits per heavy atom. The average Bonchev–Trinajstić information content (AvgIpc) is 3.14. The third kappa shape index (κ3) is 4.52. The monoisotopic (exact) mass is 366 g/mol. The maximum absolute atomic E-state index is 12.5. The fourth-order valence-corrected chi connectivity index (χ4v) is 3.47. The van der Waals surface area contributed by atoms with Gasteiger partial charge in [-0.25, -0.2) is 0 Å². The minimum Gasteiger partial charge on any atom is -0.348 e. The van der Waals surface area contributed by atoms with Crippen LogP contribution in [-0.2, 0) is 4.79 Å². The summed E-state index contributed by atoms with van der Waals surface area (Å²) in [7, 11) is 0. The minimum absolute atomic E-state index is 0.00343. The van der Waals surface area contributed by atoms with Gasteiger partial charge in [0.2, 0.25) is 5.91 Å². The zero-order valence-corrected chi connectivity index (χ0v) is 15.7. The van der Waals surface area contributed by atoms with Crippen molar-refractivity contribution >= 4 is 17.7 Å². The first-order chi connectivity index (χ1) is 12.6. The van der Waals surface area contributed by atoms with Crippen molar-refractivity contribution in [2.24, 2.45) is 5.92 Å². The summed E-state index contributed by atoms with van der Waals surface area (Å²) in [6.45, 7) is 4.22. The van der Waals surface area contributed by atoms with Gasteiger partial charge in [0.15, 0.2) is 5.16 Å². The fourth-order valence-electron chi connectivity index (χ4n) is 2.73. The molecule has 1 atom stereocenters. The van der Waals surface area contributed by atoms with Gasteiger partial charge in [0.1, 0.15) is 6.33 Å². The smallest absolute Gasteiger partial charge is 0.230 e. The first-order valence-electron chi connectivity index (χ1n) is 8.57. The number of hydrogen-bond donors (Lipinski definition) is 1. The highest BCUT2D eigenvalue weighted by atomic mass is 32.2. The second kappa shape index (κ2) is 8.67. The van der Waals surface area contributed by atoms with Crippen LogP contribution in [-0.4, -0.2) is 26.4 Å². The predicted molar refractivity (Wildman–Crippen MR) is 104 cm³/mol. The topological polar surface area (TPSA) is 59.8 Å². The van der Waals surface area contributed by atoms with Gasteiger partial charge in [-0.3, -0.25) is 9.36 Å². The highest BCUT2D eigenvalue weighted by molar-refractivity contribution is 7.99. The van der Waals surface area contributed by atoms with Crippen LogP contribution in [0.2, 0.25) is 0 Å². The Morgan fingerprint density at radius 1 is 1.08 bits per heavy atom. The molecule has 26 heavy (non-hydrogen) atoms. The Kier molecular flexibility index (Phi) is 6.07. The maximum atomic E-state index is 12.5. The van der Waals surface area contributed by atoms with E-state index in [4.69, 9.17) is 0 Å². The summed E-state index contributed by atoms with van der Waals surface area (Å²) in [6, 6.07) is 19.9. The largest absolute Gasteiger partial charge is 0.348 e.